The minimum Gasteiger partial charge on any atom is -0.378 e. The second-order valence-corrected chi connectivity index (χ2v) is 5.48. The number of nitrogens with zero attached hydrogens (tertiary/aromatic N) is 2. The van der Waals surface area contributed by atoms with Gasteiger partial charge in [-0.25, -0.2) is 0 Å². The number of anilines is 1. The number of rotatable bonds is 8. The molecule has 0 saturated carbocycles. The summed E-state index contributed by atoms with van der Waals surface area (Å²) in [6.45, 7) is 5.40. The van der Waals surface area contributed by atoms with E-state index in [1.165, 1.54) is 6.07 Å². The van der Waals surface area contributed by atoms with Gasteiger partial charge in [0.05, 0.1) is 17.6 Å². The van der Waals surface area contributed by atoms with Gasteiger partial charge in [0, 0.05) is 32.3 Å². The number of para-hydroxylation sites is 2. The maximum Gasteiger partial charge on any atom is 0.292 e. The van der Waals surface area contributed by atoms with Crippen LogP contribution in [0, 0.1) is 10.1 Å². The van der Waals surface area contributed by atoms with Gasteiger partial charge < -0.3 is 20.7 Å². The summed E-state index contributed by atoms with van der Waals surface area (Å²) in [6.07, 6.45) is 2.37. The summed E-state index contributed by atoms with van der Waals surface area (Å²) in [5.41, 5.74) is 0.599. The Kier molecular flexibility index (Phi) is 10.2. The zero-order chi connectivity index (χ0) is 17.2. The minimum atomic E-state index is -0.386. The first-order valence-corrected chi connectivity index (χ1v) is 8.31. The number of benzene rings is 1. The molecule has 0 bridgehead atoms. The molecular weight excluding hydrogens is 437 g/mol. The first-order valence-electron chi connectivity index (χ1n) is 8.31. The van der Waals surface area contributed by atoms with Crippen molar-refractivity contribution in [1.29, 1.82) is 0 Å². The van der Waals surface area contributed by atoms with E-state index in [1.54, 1.807) is 18.2 Å². The minimum absolute atomic E-state index is 0. The molecule has 9 heteroatoms. The molecule has 1 heterocycles. The van der Waals surface area contributed by atoms with E-state index in [0.29, 0.717) is 25.3 Å². The van der Waals surface area contributed by atoms with E-state index in [9.17, 15) is 10.1 Å². The van der Waals surface area contributed by atoms with Crippen molar-refractivity contribution in [2.75, 3.05) is 38.1 Å². The number of hydrogen-bond acceptors (Lipinski definition) is 5. The Labute approximate surface area is 165 Å². The van der Waals surface area contributed by atoms with Crippen molar-refractivity contribution >= 4 is 41.3 Å². The molecule has 8 nitrogen and oxygen atoms in total. The Balaban J connectivity index is 0.00000312. The van der Waals surface area contributed by atoms with Crippen LogP contribution in [0.25, 0.3) is 0 Å². The van der Waals surface area contributed by atoms with Crippen molar-refractivity contribution in [3.8, 4) is 0 Å². The molecule has 2 rings (SSSR count). The first-order chi connectivity index (χ1) is 11.7. The quantitative estimate of drug-likeness (QED) is 0.137. The maximum atomic E-state index is 11.0. The van der Waals surface area contributed by atoms with E-state index in [1.807, 2.05) is 6.92 Å². The van der Waals surface area contributed by atoms with Crippen LogP contribution < -0.4 is 16.0 Å². The van der Waals surface area contributed by atoms with Gasteiger partial charge in [-0.3, -0.25) is 15.1 Å². The van der Waals surface area contributed by atoms with Crippen molar-refractivity contribution in [1.82, 2.24) is 10.6 Å². The number of guanidine groups is 1. The lowest BCUT2D eigenvalue weighted by atomic mass is 10.2. The number of ether oxygens (including phenoxy) is 1. The SMILES string of the molecule is CCNC(=NCC1CCCO1)NCCNc1ccccc1[N+](=O)[O-].I. The van der Waals surface area contributed by atoms with Crippen molar-refractivity contribution in [3.63, 3.8) is 0 Å². The number of nitro groups is 1. The summed E-state index contributed by atoms with van der Waals surface area (Å²) in [5.74, 6) is 0.734. The van der Waals surface area contributed by atoms with Crippen molar-refractivity contribution in [3.05, 3.63) is 34.4 Å². The van der Waals surface area contributed by atoms with E-state index in [2.05, 4.69) is 20.9 Å². The summed E-state index contributed by atoms with van der Waals surface area (Å²) in [4.78, 5) is 15.1. The largest absolute Gasteiger partial charge is 0.378 e. The van der Waals surface area contributed by atoms with Gasteiger partial charge in [0.25, 0.3) is 5.69 Å². The second-order valence-electron chi connectivity index (χ2n) is 5.48. The number of nitro benzene ring substituents is 1. The molecule has 0 spiro atoms. The third kappa shape index (κ3) is 7.43. The van der Waals surface area contributed by atoms with E-state index < -0.39 is 0 Å². The van der Waals surface area contributed by atoms with E-state index >= 15 is 0 Å². The van der Waals surface area contributed by atoms with E-state index in [-0.39, 0.29) is 40.7 Å². The predicted molar refractivity (Wildman–Crippen MR) is 110 cm³/mol. The van der Waals surface area contributed by atoms with Crippen LogP contribution >= 0.6 is 24.0 Å². The fourth-order valence-corrected chi connectivity index (χ4v) is 2.48. The second kappa shape index (κ2) is 11.9. The molecule has 1 atom stereocenters. The van der Waals surface area contributed by atoms with Crippen LogP contribution in [0.2, 0.25) is 0 Å². The highest BCUT2D eigenvalue weighted by Crippen LogP contribution is 2.22. The van der Waals surface area contributed by atoms with Crippen LogP contribution in [0.4, 0.5) is 11.4 Å². The fourth-order valence-electron chi connectivity index (χ4n) is 2.48. The van der Waals surface area contributed by atoms with Gasteiger partial charge in [-0.15, -0.1) is 24.0 Å². The third-order valence-electron chi connectivity index (χ3n) is 3.65. The Morgan fingerprint density at radius 1 is 1.36 bits per heavy atom. The standard InChI is InChI=1S/C16H25N5O3.HI/c1-2-17-16(20-12-13-6-5-11-24-13)19-10-9-18-14-7-3-4-8-15(14)21(22)23;/h3-4,7-8,13,18H,2,5-6,9-12H2,1H3,(H2,17,19,20);1H. The molecule has 1 fully saturated rings. The highest BCUT2D eigenvalue weighted by atomic mass is 127. The smallest absolute Gasteiger partial charge is 0.292 e. The topological polar surface area (TPSA) is 101 Å². The van der Waals surface area contributed by atoms with Gasteiger partial charge in [-0.05, 0) is 25.8 Å². The average Bonchev–Trinajstić information content (AvgIpc) is 3.10. The third-order valence-corrected chi connectivity index (χ3v) is 3.65. The predicted octanol–water partition coefficient (Wildman–Crippen LogP) is 2.36. The molecule has 1 saturated heterocycles. The lowest BCUT2D eigenvalue weighted by Crippen LogP contribution is -2.40. The monoisotopic (exact) mass is 463 g/mol. The highest BCUT2D eigenvalue weighted by Gasteiger charge is 2.15. The molecule has 0 radical (unpaired) electrons. The Morgan fingerprint density at radius 2 is 2.16 bits per heavy atom. The van der Waals surface area contributed by atoms with Crippen LogP contribution in [-0.2, 0) is 4.74 Å². The van der Waals surface area contributed by atoms with Gasteiger partial charge in [-0.2, -0.15) is 0 Å². The van der Waals surface area contributed by atoms with Gasteiger partial charge in [0.2, 0.25) is 0 Å². The van der Waals surface area contributed by atoms with Crippen molar-refractivity contribution in [2.45, 2.75) is 25.9 Å². The van der Waals surface area contributed by atoms with Crippen LogP contribution in [0.3, 0.4) is 0 Å². The van der Waals surface area contributed by atoms with Crippen LogP contribution in [-0.4, -0.2) is 49.8 Å². The molecule has 3 N–H and O–H groups in total. The summed E-state index contributed by atoms with van der Waals surface area (Å²) in [5, 5.41) is 20.4. The van der Waals surface area contributed by atoms with Gasteiger partial charge in [-0.1, -0.05) is 12.1 Å². The molecule has 1 aromatic carbocycles. The van der Waals surface area contributed by atoms with Crippen LogP contribution in [0.1, 0.15) is 19.8 Å². The lowest BCUT2D eigenvalue weighted by Gasteiger charge is -2.13. The summed E-state index contributed by atoms with van der Waals surface area (Å²) >= 11 is 0. The van der Waals surface area contributed by atoms with Gasteiger partial charge in [0.1, 0.15) is 5.69 Å². The summed E-state index contributed by atoms with van der Waals surface area (Å²) in [6, 6.07) is 6.62. The first kappa shape index (κ1) is 21.4. The molecule has 1 aliphatic rings. The highest BCUT2D eigenvalue weighted by molar-refractivity contribution is 14.0. The fraction of sp³-hybridized carbons (Fsp3) is 0.562. The van der Waals surface area contributed by atoms with E-state index in [0.717, 1.165) is 32.0 Å². The molecule has 25 heavy (non-hydrogen) atoms. The van der Waals surface area contributed by atoms with Crippen molar-refractivity contribution < 1.29 is 9.66 Å². The van der Waals surface area contributed by atoms with Crippen LogP contribution in [0.15, 0.2) is 29.3 Å². The number of halogens is 1. The van der Waals surface area contributed by atoms with Gasteiger partial charge >= 0.3 is 0 Å². The lowest BCUT2D eigenvalue weighted by molar-refractivity contribution is -0.384. The molecule has 1 unspecified atom stereocenters. The number of aliphatic imine (C=N–C) groups is 1. The zero-order valence-electron chi connectivity index (χ0n) is 14.4. The average molecular weight is 463 g/mol. The molecule has 0 aliphatic carbocycles. The molecule has 1 aromatic rings. The molecule has 140 valence electrons. The molecular formula is C16H26IN5O3. The maximum absolute atomic E-state index is 11.0. The Hall–Kier alpha value is -1.62. The van der Waals surface area contributed by atoms with E-state index in [4.69, 9.17) is 4.74 Å². The Morgan fingerprint density at radius 3 is 2.84 bits per heavy atom. The molecule has 0 amide bonds. The van der Waals surface area contributed by atoms with Gasteiger partial charge in [0.15, 0.2) is 5.96 Å². The molecule has 0 aromatic heterocycles. The van der Waals surface area contributed by atoms with Crippen LogP contribution in [0.5, 0.6) is 0 Å². The summed E-state index contributed by atoms with van der Waals surface area (Å²) in [7, 11) is 0. The number of nitrogens with one attached hydrogen (secondary N) is 3. The Bertz CT molecular complexity index is 564. The van der Waals surface area contributed by atoms with Crippen molar-refractivity contribution in [2.24, 2.45) is 4.99 Å². The zero-order valence-corrected chi connectivity index (χ0v) is 16.7. The molecule has 1 aliphatic heterocycles. The number of hydrogen-bond donors (Lipinski definition) is 3. The normalized spacial score (nSPS) is 16.8. The summed E-state index contributed by atoms with van der Waals surface area (Å²) < 4.78 is 5.56.